The lowest BCUT2D eigenvalue weighted by Crippen LogP contribution is -2.14. The largest absolute Gasteiger partial charge is 0.368 e. The van der Waals surface area contributed by atoms with Gasteiger partial charge in [-0.15, -0.1) is 20.4 Å². The van der Waals surface area contributed by atoms with Crippen molar-refractivity contribution >= 4 is 35.6 Å². The van der Waals surface area contributed by atoms with Crippen molar-refractivity contribution in [3.63, 3.8) is 0 Å². The molecule has 1 aliphatic heterocycles. The third kappa shape index (κ3) is 3.51. The molecule has 1 aliphatic rings. The molecule has 2 aromatic heterocycles. The summed E-state index contributed by atoms with van der Waals surface area (Å²) in [6.45, 7) is 2.36. The van der Waals surface area contributed by atoms with Crippen LogP contribution < -0.4 is 33.6 Å². The second-order valence-corrected chi connectivity index (χ2v) is 4.89. The maximum atomic E-state index is 5.85. The summed E-state index contributed by atoms with van der Waals surface area (Å²) in [5.74, 6) is 12.0. The van der Waals surface area contributed by atoms with Gasteiger partial charge in [-0.2, -0.15) is 14.6 Å². The van der Waals surface area contributed by atoms with Crippen LogP contribution in [0, 0.1) is 0 Å². The van der Waals surface area contributed by atoms with Crippen molar-refractivity contribution in [2.45, 2.75) is 13.3 Å². The fourth-order valence-electron chi connectivity index (χ4n) is 1.97. The molecule has 3 rings (SSSR count). The van der Waals surface area contributed by atoms with E-state index in [9.17, 15) is 0 Å². The minimum atomic E-state index is 0.127. The van der Waals surface area contributed by atoms with Crippen molar-refractivity contribution in [2.24, 2.45) is 26.9 Å². The van der Waals surface area contributed by atoms with Crippen LogP contribution in [0.1, 0.15) is 13.3 Å². The number of anilines is 4. The molecule has 0 aliphatic carbocycles. The maximum absolute atomic E-state index is 5.85. The molecule has 0 radical (unpaired) electrons. The van der Waals surface area contributed by atoms with E-state index in [1.807, 2.05) is 6.92 Å². The summed E-state index contributed by atoms with van der Waals surface area (Å²) in [6, 6.07) is 0. The number of hydrogen-bond donors (Lipinski definition) is 7. The highest BCUT2D eigenvalue weighted by molar-refractivity contribution is 5.92. The Balaban J connectivity index is 1.85. The number of aromatic nitrogens is 6. The van der Waals surface area contributed by atoms with Crippen molar-refractivity contribution in [1.82, 2.24) is 29.9 Å². The van der Waals surface area contributed by atoms with E-state index in [1.54, 1.807) is 0 Å². The Morgan fingerprint density at radius 1 is 1.12 bits per heavy atom. The minimum absolute atomic E-state index is 0.127. The Kier molecular flexibility index (Phi) is 4.48. The number of nitrogens with one attached hydrogen (secondary N) is 4. The van der Waals surface area contributed by atoms with Crippen LogP contribution in [0.2, 0.25) is 0 Å². The number of aromatic amines is 1. The summed E-state index contributed by atoms with van der Waals surface area (Å²) >= 11 is 0. The lowest BCUT2D eigenvalue weighted by molar-refractivity contribution is 0.839. The lowest BCUT2D eigenvalue weighted by atomic mass is 10.2. The Hall–Kier alpha value is -3.59. The van der Waals surface area contributed by atoms with Crippen molar-refractivity contribution in [3.05, 3.63) is 5.57 Å². The molecule has 3 heterocycles. The second-order valence-electron chi connectivity index (χ2n) is 4.89. The standard InChI is InChI=1S/C10H17N15/c1-4-2-3-14-7(16-8-17-9(18-12)23-22-8)21-20-5(4)25-6(11)15-10(19-13)24-25/h2-3,12-13H2,1H3,(H3,11,15,19,24)(H3,14,16,17,18,22,23)/b5-4-,21-20-. The molecule has 0 aromatic carbocycles. The number of aliphatic imine (C=N–C) groups is 1. The summed E-state index contributed by atoms with van der Waals surface area (Å²) in [5.41, 5.74) is 11.4. The van der Waals surface area contributed by atoms with Gasteiger partial charge in [-0.05, 0) is 18.9 Å². The van der Waals surface area contributed by atoms with Gasteiger partial charge in [0, 0.05) is 6.54 Å². The van der Waals surface area contributed by atoms with Crippen LogP contribution in [0.4, 0.5) is 23.8 Å². The van der Waals surface area contributed by atoms with Gasteiger partial charge in [0.05, 0.1) is 0 Å². The number of hydrazine groups is 2. The van der Waals surface area contributed by atoms with Gasteiger partial charge in [-0.3, -0.25) is 16.2 Å². The van der Waals surface area contributed by atoms with Gasteiger partial charge < -0.3 is 5.73 Å². The predicted octanol–water partition coefficient (Wildman–Crippen LogP) is -0.938. The van der Waals surface area contributed by atoms with Crippen LogP contribution in [0.3, 0.4) is 0 Å². The molecule has 0 saturated carbocycles. The quantitative estimate of drug-likeness (QED) is 0.265. The molecular formula is C10H17N15. The molecule has 0 bridgehead atoms. The number of azo groups is 1. The Morgan fingerprint density at radius 2 is 1.92 bits per heavy atom. The molecular weight excluding hydrogens is 330 g/mol. The van der Waals surface area contributed by atoms with Crippen LogP contribution in [0.25, 0.3) is 5.82 Å². The summed E-state index contributed by atoms with van der Waals surface area (Å²) in [7, 11) is 0. The Bertz CT molecular complexity index is 838. The SMILES string of the molecule is C\C1=C(n2nc(NN)nc2N)/N=N\C(Nc2nc(NN)n[nH]2)=N/CC1. The molecule has 15 heteroatoms. The molecule has 0 spiro atoms. The first-order valence-corrected chi connectivity index (χ1v) is 7.12. The van der Waals surface area contributed by atoms with Crippen molar-refractivity contribution < 1.29 is 0 Å². The van der Waals surface area contributed by atoms with Crippen LogP contribution in [0.15, 0.2) is 20.8 Å². The highest BCUT2D eigenvalue weighted by atomic mass is 15.5. The lowest BCUT2D eigenvalue weighted by Gasteiger charge is -2.10. The summed E-state index contributed by atoms with van der Waals surface area (Å²) in [6.07, 6.45) is 0.621. The van der Waals surface area contributed by atoms with E-state index in [1.165, 1.54) is 4.68 Å². The average Bonchev–Trinajstić information content (AvgIpc) is 3.19. The number of hydrogen-bond acceptors (Lipinski definition) is 13. The van der Waals surface area contributed by atoms with Gasteiger partial charge in [0.2, 0.25) is 17.9 Å². The van der Waals surface area contributed by atoms with Crippen LogP contribution in [-0.4, -0.2) is 42.5 Å². The predicted molar refractivity (Wildman–Crippen MR) is 90.7 cm³/mol. The van der Waals surface area contributed by atoms with Gasteiger partial charge in [0.1, 0.15) is 0 Å². The van der Waals surface area contributed by atoms with Crippen LogP contribution >= 0.6 is 0 Å². The molecule has 25 heavy (non-hydrogen) atoms. The first-order chi connectivity index (χ1) is 12.1. The van der Waals surface area contributed by atoms with E-state index in [4.69, 9.17) is 17.4 Å². The molecule has 10 N–H and O–H groups in total. The topological polar surface area (TPSA) is 224 Å². The van der Waals surface area contributed by atoms with Gasteiger partial charge in [0.25, 0.3) is 11.9 Å². The average molecular weight is 347 g/mol. The first-order valence-electron chi connectivity index (χ1n) is 7.12. The molecule has 2 aromatic rings. The summed E-state index contributed by atoms with van der Waals surface area (Å²) in [4.78, 5) is 12.3. The van der Waals surface area contributed by atoms with E-state index < -0.39 is 0 Å². The monoisotopic (exact) mass is 347 g/mol. The molecule has 0 atom stereocenters. The number of guanidine groups is 1. The van der Waals surface area contributed by atoms with Gasteiger partial charge in [-0.1, -0.05) is 0 Å². The Morgan fingerprint density at radius 3 is 2.60 bits per heavy atom. The number of nitrogen functional groups attached to an aromatic ring is 3. The maximum Gasteiger partial charge on any atom is 0.258 e. The van der Waals surface area contributed by atoms with Crippen molar-refractivity contribution in [2.75, 3.05) is 28.4 Å². The van der Waals surface area contributed by atoms with E-state index >= 15 is 0 Å². The third-order valence-corrected chi connectivity index (χ3v) is 3.18. The normalized spacial score (nSPS) is 21.0. The fourth-order valence-corrected chi connectivity index (χ4v) is 1.97. The highest BCUT2D eigenvalue weighted by Gasteiger charge is 2.15. The van der Waals surface area contributed by atoms with E-state index in [-0.39, 0.29) is 23.8 Å². The van der Waals surface area contributed by atoms with E-state index in [0.717, 1.165) is 5.57 Å². The Labute approximate surface area is 140 Å². The fraction of sp³-hybridized carbons (Fsp3) is 0.300. The number of nitrogens with zero attached hydrogens (tertiary/aromatic N) is 8. The molecule has 0 fully saturated rings. The number of rotatable bonds is 4. The second kappa shape index (κ2) is 6.89. The summed E-state index contributed by atoms with van der Waals surface area (Å²) < 4.78 is 1.35. The van der Waals surface area contributed by atoms with Gasteiger partial charge in [0.15, 0.2) is 5.82 Å². The van der Waals surface area contributed by atoms with Crippen LogP contribution in [-0.2, 0) is 0 Å². The zero-order chi connectivity index (χ0) is 17.8. The van der Waals surface area contributed by atoms with Gasteiger partial charge >= 0.3 is 0 Å². The summed E-state index contributed by atoms with van der Waals surface area (Å²) in [5, 5.41) is 21.7. The van der Waals surface area contributed by atoms with E-state index in [0.29, 0.717) is 24.7 Å². The van der Waals surface area contributed by atoms with Crippen molar-refractivity contribution in [1.29, 1.82) is 0 Å². The first kappa shape index (κ1) is 16.3. The zero-order valence-electron chi connectivity index (χ0n) is 13.2. The third-order valence-electron chi connectivity index (χ3n) is 3.18. The molecule has 15 nitrogen and oxygen atoms in total. The molecule has 0 saturated heterocycles. The van der Waals surface area contributed by atoms with E-state index in [2.05, 4.69) is 56.7 Å². The molecule has 0 amide bonds. The van der Waals surface area contributed by atoms with Crippen LogP contribution in [0.5, 0.6) is 0 Å². The molecule has 0 unspecified atom stereocenters. The number of nitrogens with two attached hydrogens (primary N) is 3. The number of H-pyrrole nitrogens is 1. The smallest absolute Gasteiger partial charge is 0.258 e. The zero-order valence-corrected chi connectivity index (χ0v) is 13.2. The highest BCUT2D eigenvalue weighted by Crippen LogP contribution is 2.21. The van der Waals surface area contributed by atoms with Gasteiger partial charge in [-0.25, -0.2) is 21.8 Å². The van der Waals surface area contributed by atoms with Crippen molar-refractivity contribution in [3.8, 4) is 0 Å². The molecule has 132 valence electrons. The minimum Gasteiger partial charge on any atom is -0.368 e.